The number of benzene rings is 1. The Balaban J connectivity index is 1.56. The second-order valence-corrected chi connectivity index (χ2v) is 8.59. The van der Waals surface area contributed by atoms with Gasteiger partial charge in [-0.25, -0.2) is 0 Å². The molecule has 1 aromatic carbocycles. The van der Waals surface area contributed by atoms with E-state index in [2.05, 4.69) is 10.6 Å². The lowest BCUT2D eigenvalue weighted by Gasteiger charge is -2.29. The summed E-state index contributed by atoms with van der Waals surface area (Å²) in [6.07, 6.45) is 7.86. The lowest BCUT2D eigenvalue weighted by Crippen LogP contribution is -2.40. The molecule has 0 aromatic heterocycles. The van der Waals surface area contributed by atoms with Crippen molar-refractivity contribution in [3.8, 4) is 0 Å². The van der Waals surface area contributed by atoms with Crippen LogP contribution in [0.2, 0.25) is 0 Å². The fraction of sp³-hybridized carbons (Fsp3) is 0.625. The number of nitrogens with one attached hydrogen (secondary N) is 2. The van der Waals surface area contributed by atoms with E-state index < -0.39 is 0 Å². The topological polar surface area (TPSA) is 78.5 Å². The van der Waals surface area contributed by atoms with Crippen LogP contribution in [-0.2, 0) is 20.9 Å². The van der Waals surface area contributed by atoms with E-state index in [1.54, 1.807) is 0 Å². The molecule has 2 N–H and O–H groups in total. The van der Waals surface area contributed by atoms with Crippen LogP contribution >= 0.6 is 0 Å². The van der Waals surface area contributed by atoms with Gasteiger partial charge in [0.05, 0.1) is 0 Å². The van der Waals surface area contributed by atoms with Crippen LogP contribution in [0.25, 0.3) is 0 Å². The number of carbonyl (C=O) groups is 3. The molecule has 1 saturated heterocycles. The van der Waals surface area contributed by atoms with E-state index in [4.69, 9.17) is 0 Å². The van der Waals surface area contributed by atoms with Crippen LogP contribution in [0.5, 0.6) is 0 Å². The van der Waals surface area contributed by atoms with Crippen molar-refractivity contribution in [1.82, 2.24) is 15.5 Å². The number of amides is 3. The first-order valence-electron chi connectivity index (χ1n) is 11.5. The molecule has 2 aliphatic rings. The Hall–Kier alpha value is -2.37. The largest absolute Gasteiger partial charge is 0.356 e. The fourth-order valence-corrected chi connectivity index (χ4v) is 4.52. The Morgan fingerprint density at radius 2 is 1.67 bits per heavy atom. The summed E-state index contributed by atoms with van der Waals surface area (Å²) < 4.78 is 0. The SMILES string of the molecule is O=C1CCN(C(=O)C2CCCCC2)CCCC(C(=O)NCc2ccccc2)CCN1. The van der Waals surface area contributed by atoms with Gasteiger partial charge in [0.1, 0.15) is 0 Å². The Bertz CT molecular complexity index is 701. The van der Waals surface area contributed by atoms with E-state index in [-0.39, 0.29) is 29.6 Å². The van der Waals surface area contributed by atoms with Gasteiger partial charge in [0, 0.05) is 44.4 Å². The molecule has 6 heteroatoms. The molecule has 3 rings (SSSR count). The third-order valence-corrected chi connectivity index (χ3v) is 6.35. The Morgan fingerprint density at radius 3 is 2.43 bits per heavy atom. The van der Waals surface area contributed by atoms with Gasteiger partial charge in [-0.2, -0.15) is 0 Å². The maximum atomic E-state index is 13.0. The van der Waals surface area contributed by atoms with Gasteiger partial charge >= 0.3 is 0 Å². The highest BCUT2D eigenvalue weighted by Crippen LogP contribution is 2.26. The average Bonchev–Trinajstić information content (AvgIpc) is 2.83. The summed E-state index contributed by atoms with van der Waals surface area (Å²) in [5, 5.41) is 5.95. The van der Waals surface area contributed by atoms with E-state index >= 15 is 0 Å². The number of carbonyl (C=O) groups excluding carboxylic acids is 3. The molecule has 6 nitrogen and oxygen atoms in total. The summed E-state index contributed by atoms with van der Waals surface area (Å²) in [7, 11) is 0. The number of nitrogens with zero attached hydrogens (tertiary/aromatic N) is 1. The van der Waals surface area contributed by atoms with E-state index in [9.17, 15) is 14.4 Å². The third-order valence-electron chi connectivity index (χ3n) is 6.35. The standard InChI is InChI=1S/C24H35N3O3/c28-22-14-17-27(24(30)21-10-5-2-6-11-21)16-7-12-20(13-15-25-22)23(29)26-18-19-8-3-1-4-9-19/h1,3-4,8-9,20-21H,2,5-7,10-18H2,(H,25,28)(H,26,29). The lowest BCUT2D eigenvalue weighted by molar-refractivity contribution is -0.137. The summed E-state index contributed by atoms with van der Waals surface area (Å²) in [5.74, 6) is 0.141. The van der Waals surface area contributed by atoms with Crippen molar-refractivity contribution in [1.29, 1.82) is 0 Å². The molecule has 0 radical (unpaired) electrons. The molecule has 3 amide bonds. The molecule has 30 heavy (non-hydrogen) atoms. The summed E-state index contributed by atoms with van der Waals surface area (Å²) in [6, 6.07) is 9.86. The van der Waals surface area contributed by atoms with E-state index in [0.717, 1.165) is 44.1 Å². The average molecular weight is 414 g/mol. The molecule has 0 bridgehead atoms. The zero-order valence-electron chi connectivity index (χ0n) is 17.9. The van der Waals surface area contributed by atoms with Gasteiger partial charge in [-0.15, -0.1) is 0 Å². The molecule has 1 unspecified atom stereocenters. The van der Waals surface area contributed by atoms with Gasteiger partial charge < -0.3 is 15.5 Å². The minimum atomic E-state index is -0.154. The number of rotatable bonds is 4. The summed E-state index contributed by atoms with van der Waals surface area (Å²) in [5.41, 5.74) is 1.07. The van der Waals surface area contributed by atoms with E-state index in [1.807, 2.05) is 35.2 Å². The monoisotopic (exact) mass is 413 g/mol. The van der Waals surface area contributed by atoms with Gasteiger partial charge in [-0.3, -0.25) is 14.4 Å². The minimum absolute atomic E-state index is 0.0255. The summed E-state index contributed by atoms with van der Waals surface area (Å²) in [6.45, 7) is 2.12. The van der Waals surface area contributed by atoms with Gasteiger partial charge in [0.15, 0.2) is 0 Å². The highest BCUT2D eigenvalue weighted by Gasteiger charge is 2.27. The fourth-order valence-electron chi connectivity index (χ4n) is 4.52. The molecule has 164 valence electrons. The van der Waals surface area contributed by atoms with Crippen LogP contribution in [0, 0.1) is 11.8 Å². The van der Waals surface area contributed by atoms with Crippen LogP contribution in [-0.4, -0.2) is 42.3 Å². The van der Waals surface area contributed by atoms with Crippen molar-refractivity contribution in [3.63, 3.8) is 0 Å². The number of hydrogen-bond donors (Lipinski definition) is 2. The Kier molecular flexibility index (Phi) is 8.72. The van der Waals surface area contributed by atoms with Crippen molar-refractivity contribution >= 4 is 17.7 Å². The zero-order valence-corrected chi connectivity index (χ0v) is 17.9. The third kappa shape index (κ3) is 6.85. The maximum Gasteiger partial charge on any atom is 0.225 e. The van der Waals surface area contributed by atoms with Crippen LogP contribution in [0.15, 0.2) is 30.3 Å². The minimum Gasteiger partial charge on any atom is -0.356 e. The quantitative estimate of drug-likeness (QED) is 0.796. The maximum absolute atomic E-state index is 13.0. The Labute approximate surface area is 179 Å². The van der Waals surface area contributed by atoms with E-state index in [0.29, 0.717) is 39.0 Å². The van der Waals surface area contributed by atoms with Crippen molar-refractivity contribution in [2.24, 2.45) is 11.8 Å². The molecule has 1 saturated carbocycles. The first-order chi connectivity index (χ1) is 14.6. The molecule has 1 heterocycles. The van der Waals surface area contributed by atoms with Crippen molar-refractivity contribution in [2.75, 3.05) is 19.6 Å². The molecule has 1 aliphatic carbocycles. The van der Waals surface area contributed by atoms with Crippen LogP contribution < -0.4 is 10.6 Å². The second kappa shape index (κ2) is 11.7. The molecular weight excluding hydrogens is 378 g/mol. The first kappa shape index (κ1) is 22.3. The van der Waals surface area contributed by atoms with Gasteiger partial charge in [0.2, 0.25) is 17.7 Å². The molecule has 1 atom stereocenters. The van der Waals surface area contributed by atoms with Crippen molar-refractivity contribution < 1.29 is 14.4 Å². The van der Waals surface area contributed by atoms with Gasteiger partial charge in [-0.1, -0.05) is 49.6 Å². The zero-order chi connectivity index (χ0) is 21.2. The Morgan fingerprint density at radius 1 is 0.933 bits per heavy atom. The highest BCUT2D eigenvalue weighted by atomic mass is 16.2. The lowest BCUT2D eigenvalue weighted by atomic mass is 9.88. The summed E-state index contributed by atoms with van der Waals surface area (Å²) >= 11 is 0. The van der Waals surface area contributed by atoms with Crippen molar-refractivity contribution in [3.05, 3.63) is 35.9 Å². The molecule has 1 aliphatic heterocycles. The van der Waals surface area contributed by atoms with E-state index in [1.165, 1.54) is 6.42 Å². The predicted molar refractivity (Wildman–Crippen MR) is 116 cm³/mol. The molecule has 1 aromatic rings. The number of hydrogen-bond acceptors (Lipinski definition) is 3. The van der Waals surface area contributed by atoms with Gasteiger partial charge in [-0.05, 0) is 37.7 Å². The van der Waals surface area contributed by atoms with Crippen LogP contribution in [0.4, 0.5) is 0 Å². The molecular formula is C24H35N3O3. The first-order valence-corrected chi connectivity index (χ1v) is 11.5. The van der Waals surface area contributed by atoms with Gasteiger partial charge in [0.25, 0.3) is 0 Å². The molecule has 2 fully saturated rings. The smallest absolute Gasteiger partial charge is 0.225 e. The predicted octanol–water partition coefficient (Wildman–Crippen LogP) is 3.02. The normalized spacial score (nSPS) is 21.9. The second-order valence-electron chi connectivity index (χ2n) is 8.59. The van der Waals surface area contributed by atoms with Crippen LogP contribution in [0.1, 0.15) is 63.4 Å². The van der Waals surface area contributed by atoms with Crippen LogP contribution in [0.3, 0.4) is 0 Å². The molecule has 0 spiro atoms. The van der Waals surface area contributed by atoms with Crippen molar-refractivity contribution in [2.45, 2.75) is 64.3 Å². The summed E-state index contributed by atoms with van der Waals surface area (Å²) in [4.78, 5) is 39.8. The highest BCUT2D eigenvalue weighted by molar-refractivity contribution is 5.81.